The van der Waals surface area contributed by atoms with E-state index in [0.29, 0.717) is 43.4 Å². The molecule has 10 heteroatoms. The van der Waals surface area contributed by atoms with E-state index in [1.165, 1.54) is 23.0 Å². The van der Waals surface area contributed by atoms with Crippen molar-refractivity contribution >= 4 is 39.3 Å². The molecule has 0 aliphatic carbocycles. The molecular formula is C28H25BrN2O6S. The monoisotopic (exact) mass is 596 g/mol. The first-order valence-electron chi connectivity index (χ1n) is 11.6. The molecule has 0 N–H and O–H groups in total. The first-order chi connectivity index (χ1) is 18.3. The maximum Gasteiger partial charge on any atom is 0.338 e. The Morgan fingerprint density at radius 3 is 2.66 bits per heavy atom. The van der Waals surface area contributed by atoms with Crippen LogP contribution in [0.15, 0.2) is 61.9 Å². The summed E-state index contributed by atoms with van der Waals surface area (Å²) in [5.41, 5.74) is 1.60. The summed E-state index contributed by atoms with van der Waals surface area (Å²) in [6.45, 7) is 3.71. The molecule has 1 aliphatic heterocycles. The van der Waals surface area contributed by atoms with Gasteiger partial charge in [0.15, 0.2) is 4.80 Å². The molecule has 0 radical (unpaired) electrons. The highest BCUT2D eigenvalue weighted by Gasteiger charge is 2.35. The lowest BCUT2D eigenvalue weighted by molar-refractivity contribution is -0.139. The Labute approximate surface area is 232 Å². The van der Waals surface area contributed by atoms with Crippen LogP contribution in [0.5, 0.6) is 17.2 Å². The van der Waals surface area contributed by atoms with Crippen LogP contribution < -0.4 is 29.1 Å². The van der Waals surface area contributed by atoms with E-state index in [2.05, 4.69) is 26.8 Å². The SMILES string of the molecule is C#CCOc1ccc(Br)cc1/C=c1\sc2n(c1=O)[C@H](c1cc(OC)ccc1OC)C(C(=O)OCC)=C(C)N=2. The van der Waals surface area contributed by atoms with Crippen LogP contribution >= 0.6 is 27.3 Å². The number of esters is 1. The van der Waals surface area contributed by atoms with Crippen LogP contribution in [-0.2, 0) is 9.53 Å². The zero-order valence-corrected chi connectivity index (χ0v) is 23.6. The molecule has 2 heterocycles. The molecular weight excluding hydrogens is 572 g/mol. The molecule has 38 heavy (non-hydrogen) atoms. The number of allylic oxidation sites excluding steroid dienone is 1. The van der Waals surface area contributed by atoms with Crippen LogP contribution in [0.4, 0.5) is 0 Å². The Balaban J connectivity index is 2.00. The Bertz CT molecular complexity index is 1650. The van der Waals surface area contributed by atoms with Crippen LogP contribution in [0.2, 0.25) is 0 Å². The van der Waals surface area contributed by atoms with Gasteiger partial charge in [0.2, 0.25) is 0 Å². The molecule has 2 aromatic carbocycles. The van der Waals surface area contributed by atoms with E-state index >= 15 is 0 Å². The molecule has 0 fully saturated rings. The van der Waals surface area contributed by atoms with Crippen molar-refractivity contribution in [3.8, 4) is 29.6 Å². The van der Waals surface area contributed by atoms with Crippen molar-refractivity contribution in [2.24, 2.45) is 4.99 Å². The molecule has 0 unspecified atom stereocenters. The zero-order chi connectivity index (χ0) is 27.4. The lowest BCUT2D eigenvalue weighted by atomic mass is 9.94. The van der Waals surface area contributed by atoms with E-state index < -0.39 is 12.0 Å². The van der Waals surface area contributed by atoms with E-state index in [1.54, 1.807) is 51.3 Å². The maximum absolute atomic E-state index is 13.9. The fraction of sp³-hybridized carbons (Fsp3) is 0.250. The third kappa shape index (κ3) is 5.26. The average molecular weight is 597 g/mol. The van der Waals surface area contributed by atoms with Crippen molar-refractivity contribution < 1.29 is 23.7 Å². The minimum absolute atomic E-state index is 0.0848. The number of fused-ring (bicyclic) bond motifs is 1. The summed E-state index contributed by atoms with van der Waals surface area (Å²) < 4.78 is 24.8. The van der Waals surface area contributed by atoms with Crippen molar-refractivity contribution in [2.75, 3.05) is 27.4 Å². The zero-order valence-electron chi connectivity index (χ0n) is 21.2. The number of carbonyl (C=O) groups is 1. The van der Waals surface area contributed by atoms with Crippen LogP contribution in [0.3, 0.4) is 0 Å². The van der Waals surface area contributed by atoms with E-state index in [1.807, 2.05) is 12.1 Å². The molecule has 0 saturated heterocycles. The fourth-order valence-corrected chi connectivity index (χ4v) is 5.58. The Morgan fingerprint density at radius 2 is 1.97 bits per heavy atom. The molecule has 3 aromatic rings. The van der Waals surface area contributed by atoms with Crippen molar-refractivity contribution in [3.05, 3.63) is 83.0 Å². The molecule has 4 rings (SSSR count). The number of hydrogen-bond acceptors (Lipinski definition) is 8. The first-order valence-corrected chi connectivity index (χ1v) is 13.2. The smallest absolute Gasteiger partial charge is 0.338 e. The number of methoxy groups -OCH3 is 2. The standard InChI is InChI=1S/C28H25BrN2O6S/c1-6-12-37-21-10-8-18(29)13-17(21)14-23-26(32)31-25(20-15-19(34-4)9-11-22(20)35-5)24(27(33)36-7-2)16(3)30-28(31)38-23/h1,8-11,13-15,25H,7,12H2,2-5H3/b23-14-/t25-/m1/s1. The minimum atomic E-state index is -0.850. The van der Waals surface area contributed by atoms with E-state index in [0.717, 1.165) is 4.47 Å². The van der Waals surface area contributed by atoms with Crippen molar-refractivity contribution in [3.63, 3.8) is 0 Å². The second-order valence-corrected chi connectivity index (χ2v) is 10.0. The van der Waals surface area contributed by atoms with Crippen LogP contribution in [0.1, 0.15) is 31.0 Å². The summed E-state index contributed by atoms with van der Waals surface area (Å²) in [6.07, 6.45) is 7.09. The highest BCUT2D eigenvalue weighted by molar-refractivity contribution is 9.10. The number of hydrogen-bond donors (Lipinski definition) is 0. The summed E-state index contributed by atoms with van der Waals surface area (Å²) in [5, 5.41) is 0. The molecule has 8 nitrogen and oxygen atoms in total. The van der Waals surface area contributed by atoms with Crippen LogP contribution in [0.25, 0.3) is 6.08 Å². The van der Waals surface area contributed by atoms with E-state index in [-0.39, 0.29) is 24.3 Å². The van der Waals surface area contributed by atoms with Gasteiger partial charge in [-0.25, -0.2) is 9.79 Å². The van der Waals surface area contributed by atoms with E-state index in [4.69, 9.17) is 25.4 Å². The van der Waals surface area contributed by atoms with Gasteiger partial charge in [0.05, 0.1) is 36.6 Å². The van der Waals surface area contributed by atoms with Crippen molar-refractivity contribution in [1.29, 1.82) is 0 Å². The van der Waals surface area contributed by atoms with Gasteiger partial charge in [-0.3, -0.25) is 9.36 Å². The van der Waals surface area contributed by atoms with E-state index in [9.17, 15) is 9.59 Å². The second kappa shape index (κ2) is 11.7. The number of rotatable bonds is 8. The van der Waals surface area contributed by atoms with Crippen molar-refractivity contribution in [2.45, 2.75) is 19.9 Å². The molecule has 0 spiro atoms. The predicted octanol–water partition coefficient (Wildman–Crippen LogP) is 3.59. The second-order valence-electron chi connectivity index (χ2n) is 8.09. The van der Waals surface area contributed by atoms with Crippen LogP contribution in [-0.4, -0.2) is 38.0 Å². The molecule has 0 saturated carbocycles. The summed E-state index contributed by atoms with van der Waals surface area (Å²) in [5.74, 6) is 3.46. The Kier molecular flexibility index (Phi) is 8.39. The average Bonchev–Trinajstić information content (AvgIpc) is 3.21. The van der Waals surface area contributed by atoms with Gasteiger partial charge in [-0.2, -0.15) is 0 Å². The number of thiazole rings is 1. The summed E-state index contributed by atoms with van der Waals surface area (Å²) in [4.78, 5) is 32.2. The van der Waals surface area contributed by atoms with Gasteiger partial charge in [0, 0.05) is 15.6 Å². The van der Waals surface area contributed by atoms with Gasteiger partial charge < -0.3 is 18.9 Å². The predicted molar refractivity (Wildman–Crippen MR) is 148 cm³/mol. The number of halogens is 1. The van der Waals surface area contributed by atoms with Gasteiger partial charge in [-0.15, -0.1) is 6.42 Å². The highest BCUT2D eigenvalue weighted by Crippen LogP contribution is 2.37. The maximum atomic E-state index is 13.9. The van der Waals surface area contributed by atoms with Crippen LogP contribution in [0, 0.1) is 12.3 Å². The number of aromatic nitrogens is 1. The molecule has 0 amide bonds. The third-order valence-electron chi connectivity index (χ3n) is 5.82. The number of ether oxygens (including phenoxy) is 4. The van der Waals surface area contributed by atoms with Crippen molar-refractivity contribution in [1.82, 2.24) is 4.57 Å². The quantitative estimate of drug-likeness (QED) is 0.292. The number of terminal acetylenes is 1. The van der Waals surface area contributed by atoms with Gasteiger partial charge >= 0.3 is 5.97 Å². The molecule has 1 atom stereocenters. The van der Waals surface area contributed by atoms with Gasteiger partial charge in [-0.05, 0) is 56.3 Å². The topological polar surface area (TPSA) is 88.3 Å². The first kappa shape index (κ1) is 27.2. The normalized spacial score (nSPS) is 14.8. The Morgan fingerprint density at radius 1 is 1.21 bits per heavy atom. The minimum Gasteiger partial charge on any atom is -0.497 e. The lowest BCUT2D eigenvalue weighted by Crippen LogP contribution is -2.40. The summed E-state index contributed by atoms with van der Waals surface area (Å²) >= 11 is 4.68. The molecule has 1 aromatic heterocycles. The lowest BCUT2D eigenvalue weighted by Gasteiger charge is -2.26. The highest BCUT2D eigenvalue weighted by atomic mass is 79.9. The summed E-state index contributed by atoms with van der Waals surface area (Å²) in [7, 11) is 3.07. The third-order valence-corrected chi connectivity index (χ3v) is 7.29. The largest absolute Gasteiger partial charge is 0.497 e. The Hall–Kier alpha value is -3.81. The molecule has 196 valence electrons. The fourth-order valence-electron chi connectivity index (χ4n) is 4.16. The molecule has 1 aliphatic rings. The number of benzene rings is 2. The number of nitrogens with zero attached hydrogens (tertiary/aromatic N) is 2. The summed E-state index contributed by atoms with van der Waals surface area (Å²) in [6, 6.07) is 9.82. The van der Waals surface area contributed by atoms with Gasteiger partial charge in [0.1, 0.15) is 29.9 Å². The molecule has 0 bridgehead atoms. The number of carbonyl (C=O) groups excluding carboxylic acids is 1. The van der Waals surface area contributed by atoms with Gasteiger partial charge in [0.25, 0.3) is 5.56 Å². The van der Waals surface area contributed by atoms with Gasteiger partial charge in [-0.1, -0.05) is 33.2 Å².